The molecule has 1 aromatic carbocycles. The van der Waals surface area contributed by atoms with Crippen LogP contribution in [0.15, 0.2) is 30.6 Å². The number of imidazole rings is 1. The Kier molecular flexibility index (Phi) is 4.52. The second-order valence-corrected chi connectivity index (χ2v) is 4.64. The van der Waals surface area contributed by atoms with Crippen molar-refractivity contribution in [3.8, 4) is 0 Å². The van der Waals surface area contributed by atoms with Gasteiger partial charge in [-0.25, -0.2) is 9.78 Å². The standard InChI is InChI=1S/C11H8Cl3N3O2/c12-7-1-3-8(4-2-7)16-11(18)19-6-17-5-15-9(13)10(17)14/h1-5H,6H2,(H,16,18). The van der Waals surface area contributed by atoms with Crippen LogP contribution < -0.4 is 5.32 Å². The van der Waals surface area contributed by atoms with Gasteiger partial charge in [0.25, 0.3) is 0 Å². The number of carbonyl (C=O) groups is 1. The highest BCUT2D eigenvalue weighted by molar-refractivity contribution is 6.40. The zero-order valence-corrected chi connectivity index (χ0v) is 11.7. The fourth-order valence-electron chi connectivity index (χ4n) is 1.25. The van der Waals surface area contributed by atoms with E-state index in [1.807, 2.05) is 0 Å². The largest absolute Gasteiger partial charge is 0.427 e. The number of hydrogen-bond acceptors (Lipinski definition) is 3. The van der Waals surface area contributed by atoms with E-state index in [2.05, 4.69) is 10.3 Å². The van der Waals surface area contributed by atoms with Crippen molar-refractivity contribution in [2.24, 2.45) is 0 Å². The smallest absolute Gasteiger partial charge is 0.413 e. The van der Waals surface area contributed by atoms with Crippen LogP contribution in [0.1, 0.15) is 0 Å². The van der Waals surface area contributed by atoms with Crippen molar-refractivity contribution in [1.82, 2.24) is 9.55 Å². The molecule has 2 aromatic rings. The van der Waals surface area contributed by atoms with Gasteiger partial charge < -0.3 is 4.74 Å². The summed E-state index contributed by atoms with van der Waals surface area (Å²) in [5.41, 5.74) is 0.573. The van der Waals surface area contributed by atoms with Gasteiger partial charge in [-0.3, -0.25) is 9.88 Å². The Morgan fingerprint density at radius 2 is 1.95 bits per heavy atom. The molecular formula is C11H8Cl3N3O2. The summed E-state index contributed by atoms with van der Waals surface area (Å²) >= 11 is 17.2. The maximum Gasteiger partial charge on any atom is 0.413 e. The Morgan fingerprint density at radius 3 is 2.53 bits per heavy atom. The van der Waals surface area contributed by atoms with Crippen molar-refractivity contribution in [2.45, 2.75) is 6.73 Å². The van der Waals surface area contributed by atoms with Crippen LogP contribution >= 0.6 is 34.8 Å². The van der Waals surface area contributed by atoms with Gasteiger partial charge in [-0.05, 0) is 24.3 Å². The quantitative estimate of drug-likeness (QED) is 0.928. The summed E-state index contributed by atoms with van der Waals surface area (Å²) in [6.45, 7) is -0.0853. The van der Waals surface area contributed by atoms with Crippen LogP contribution in [0.5, 0.6) is 0 Å². The molecule has 19 heavy (non-hydrogen) atoms. The first-order valence-corrected chi connectivity index (χ1v) is 6.25. The molecule has 0 aliphatic heterocycles. The number of nitrogens with zero attached hydrogens (tertiary/aromatic N) is 2. The molecule has 100 valence electrons. The molecule has 0 atom stereocenters. The summed E-state index contributed by atoms with van der Waals surface area (Å²) in [5, 5.41) is 3.48. The summed E-state index contributed by atoms with van der Waals surface area (Å²) < 4.78 is 6.35. The molecule has 0 bridgehead atoms. The van der Waals surface area contributed by atoms with E-state index in [1.54, 1.807) is 24.3 Å². The number of anilines is 1. The van der Waals surface area contributed by atoms with E-state index in [-0.39, 0.29) is 17.0 Å². The molecule has 5 nitrogen and oxygen atoms in total. The molecule has 0 spiro atoms. The SMILES string of the molecule is O=C(Nc1ccc(Cl)cc1)OCn1cnc(Cl)c1Cl. The Balaban J connectivity index is 1.88. The Hall–Kier alpha value is -1.43. The average Bonchev–Trinajstić information content (AvgIpc) is 2.70. The van der Waals surface area contributed by atoms with E-state index in [0.717, 1.165) is 0 Å². The second-order valence-electron chi connectivity index (χ2n) is 3.49. The summed E-state index contributed by atoms with van der Waals surface area (Å²) in [7, 11) is 0. The Morgan fingerprint density at radius 1 is 1.26 bits per heavy atom. The van der Waals surface area contributed by atoms with Gasteiger partial charge >= 0.3 is 6.09 Å². The highest BCUT2D eigenvalue weighted by atomic mass is 35.5. The third-order valence-electron chi connectivity index (χ3n) is 2.16. The minimum atomic E-state index is -0.622. The molecule has 1 N–H and O–H groups in total. The fourth-order valence-corrected chi connectivity index (χ4v) is 1.67. The lowest BCUT2D eigenvalue weighted by molar-refractivity contribution is 0.128. The summed E-state index contributed by atoms with van der Waals surface area (Å²) in [6.07, 6.45) is 0.753. The molecule has 0 radical (unpaired) electrons. The molecule has 1 amide bonds. The predicted molar refractivity (Wildman–Crippen MR) is 73.8 cm³/mol. The third kappa shape index (κ3) is 3.76. The number of halogens is 3. The van der Waals surface area contributed by atoms with Crippen molar-refractivity contribution in [3.63, 3.8) is 0 Å². The molecule has 0 unspecified atom stereocenters. The molecular weight excluding hydrogens is 312 g/mol. The van der Waals surface area contributed by atoms with Crippen LogP contribution in [0.3, 0.4) is 0 Å². The van der Waals surface area contributed by atoms with E-state index in [0.29, 0.717) is 10.7 Å². The molecule has 0 aliphatic rings. The van der Waals surface area contributed by atoms with Crippen molar-refractivity contribution in [1.29, 1.82) is 0 Å². The van der Waals surface area contributed by atoms with E-state index in [4.69, 9.17) is 39.5 Å². The fraction of sp³-hybridized carbons (Fsp3) is 0.0909. The number of rotatable bonds is 3. The second kappa shape index (κ2) is 6.14. The number of amides is 1. The van der Waals surface area contributed by atoms with Crippen LogP contribution in [-0.2, 0) is 11.5 Å². The summed E-state index contributed by atoms with van der Waals surface area (Å²) in [6, 6.07) is 6.63. The van der Waals surface area contributed by atoms with Gasteiger partial charge in [-0.1, -0.05) is 34.8 Å². The molecule has 1 aromatic heterocycles. The number of aromatic nitrogens is 2. The van der Waals surface area contributed by atoms with Gasteiger partial charge in [0.05, 0.1) is 0 Å². The predicted octanol–water partition coefficient (Wildman–Crippen LogP) is 4.05. The average molecular weight is 321 g/mol. The number of benzene rings is 1. The van der Waals surface area contributed by atoms with Crippen LogP contribution in [0, 0.1) is 0 Å². The molecule has 0 saturated heterocycles. The van der Waals surface area contributed by atoms with E-state index < -0.39 is 6.09 Å². The van der Waals surface area contributed by atoms with Gasteiger partial charge in [0.15, 0.2) is 17.0 Å². The van der Waals surface area contributed by atoms with Crippen molar-refractivity contribution in [3.05, 3.63) is 45.9 Å². The van der Waals surface area contributed by atoms with Gasteiger partial charge in [-0.2, -0.15) is 0 Å². The normalized spacial score (nSPS) is 10.3. The maximum atomic E-state index is 11.5. The van der Waals surface area contributed by atoms with Gasteiger partial charge in [0, 0.05) is 10.7 Å². The zero-order chi connectivity index (χ0) is 13.8. The molecule has 0 fully saturated rings. The van der Waals surface area contributed by atoms with Gasteiger partial charge in [-0.15, -0.1) is 0 Å². The lowest BCUT2D eigenvalue weighted by Gasteiger charge is -2.08. The summed E-state index contributed by atoms with van der Waals surface area (Å²) in [5.74, 6) is 0. The lowest BCUT2D eigenvalue weighted by Crippen LogP contribution is -2.15. The Bertz CT molecular complexity index is 583. The highest BCUT2D eigenvalue weighted by Gasteiger charge is 2.08. The van der Waals surface area contributed by atoms with E-state index in [1.165, 1.54) is 10.9 Å². The Labute approximate surface area is 124 Å². The first-order valence-electron chi connectivity index (χ1n) is 5.12. The monoisotopic (exact) mass is 319 g/mol. The number of ether oxygens (including phenoxy) is 1. The first-order chi connectivity index (χ1) is 9.06. The van der Waals surface area contributed by atoms with Crippen LogP contribution in [-0.4, -0.2) is 15.6 Å². The van der Waals surface area contributed by atoms with Crippen LogP contribution in [0.4, 0.5) is 10.5 Å². The van der Waals surface area contributed by atoms with E-state index >= 15 is 0 Å². The van der Waals surface area contributed by atoms with E-state index in [9.17, 15) is 4.79 Å². The number of hydrogen-bond donors (Lipinski definition) is 1. The molecule has 0 aliphatic carbocycles. The molecule has 1 heterocycles. The van der Waals surface area contributed by atoms with Crippen LogP contribution in [0.25, 0.3) is 0 Å². The highest BCUT2D eigenvalue weighted by Crippen LogP contribution is 2.19. The van der Waals surface area contributed by atoms with Crippen molar-refractivity contribution >= 4 is 46.6 Å². The first kappa shape index (κ1) is 14.0. The van der Waals surface area contributed by atoms with Gasteiger partial charge in [0.2, 0.25) is 0 Å². The minimum absolute atomic E-state index is 0.0853. The zero-order valence-electron chi connectivity index (χ0n) is 9.44. The third-order valence-corrected chi connectivity index (χ3v) is 3.18. The minimum Gasteiger partial charge on any atom is -0.427 e. The van der Waals surface area contributed by atoms with Crippen molar-refractivity contribution < 1.29 is 9.53 Å². The number of carbonyl (C=O) groups excluding carboxylic acids is 1. The van der Waals surface area contributed by atoms with Gasteiger partial charge in [0.1, 0.15) is 6.33 Å². The summed E-state index contributed by atoms with van der Waals surface area (Å²) in [4.78, 5) is 15.3. The number of nitrogens with one attached hydrogen (secondary N) is 1. The van der Waals surface area contributed by atoms with Crippen molar-refractivity contribution in [2.75, 3.05) is 5.32 Å². The molecule has 2 rings (SSSR count). The lowest BCUT2D eigenvalue weighted by atomic mass is 10.3. The van der Waals surface area contributed by atoms with Crippen LogP contribution in [0.2, 0.25) is 15.3 Å². The maximum absolute atomic E-state index is 11.5. The molecule has 8 heteroatoms. The molecule has 0 saturated carbocycles. The topological polar surface area (TPSA) is 56.1 Å².